The van der Waals surface area contributed by atoms with Crippen LogP contribution in [0, 0.1) is 6.92 Å². The normalized spacial score (nSPS) is 14.7. The molecule has 0 spiro atoms. The molecular formula is C19H28O10P2. The summed E-state index contributed by atoms with van der Waals surface area (Å²) >= 11 is 0. The molecule has 1 aromatic carbocycles. The highest BCUT2D eigenvalue weighted by atomic mass is 31.2. The van der Waals surface area contributed by atoms with Crippen molar-refractivity contribution in [1.29, 1.82) is 0 Å². The zero-order valence-electron chi connectivity index (χ0n) is 17.6. The number of unbranched alkanes of at least 4 members (excludes halogenated alkanes) is 1. The van der Waals surface area contributed by atoms with Crippen LogP contribution in [0.1, 0.15) is 59.7 Å². The predicted molar refractivity (Wildman–Crippen MR) is 112 cm³/mol. The summed E-state index contributed by atoms with van der Waals surface area (Å²) in [5.41, 5.74) is 2.85. The minimum absolute atomic E-state index is 0.0866. The topological polar surface area (TPSA) is 171 Å². The number of phenolic OH excluding ortho intramolecular Hbond substituents is 1. The Bertz CT molecular complexity index is 951. The van der Waals surface area contributed by atoms with E-state index < -0.39 is 26.6 Å². The van der Waals surface area contributed by atoms with Gasteiger partial charge in [-0.1, -0.05) is 18.1 Å². The monoisotopic (exact) mass is 478 g/mol. The second-order valence-corrected chi connectivity index (χ2v) is 11.6. The van der Waals surface area contributed by atoms with Crippen molar-refractivity contribution < 1.29 is 48.1 Å². The van der Waals surface area contributed by atoms with E-state index >= 15 is 0 Å². The maximum atomic E-state index is 11.9. The van der Waals surface area contributed by atoms with Crippen LogP contribution in [0.15, 0.2) is 11.6 Å². The lowest BCUT2D eigenvalue weighted by Crippen LogP contribution is -2.09. The molecule has 5 N–H and O–H groups in total. The first-order chi connectivity index (χ1) is 14.3. The van der Waals surface area contributed by atoms with Gasteiger partial charge in [0.2, 0.25) is 0 Å². The molecule has 0 atom stereocenters. The molecule has 0 aromatic heterocycles. The Morgan fingerprint density at radius 2 is 1.81 bits per heavy atom. The van der Waals surface area contributed by atoms with Crippen molar-refractivity contribution in [3.05, 3.63) is 33.9 Å². The summed E-state index contributed by atoms with van der Waals surface area (Å²) in [5.74, 6) is -0.273. The van der Waals surface area contributed by atoms with Crippen molar-refractivity contribution in [1.82, 2.24) is 0 Å². The van der Waals surface area contributed by atoms with E-state index in [0.717, 1.165) is 11.1 Å². The van der Waals surface area contributed by atoms with Crippen LogP contribution in [-0.4, -0.2) is 43.2 Å². The highest BCUT2D eigenvalue weighted by Crippen LogP contribution is 2.61. The van der Waals surface area contributed by atoms with Crippen LogP contribution in [0.3, 0.4) is 0 Å². The lowest BCUT2D eigenvalue weighted by Gasteiger charge is -2.19. The van der Waals surface area contributed by atoms with Gasteiger partial charge in [0.15, 0.2) is 5.40 Å². The molecule has 0 amide bonds. The average Bonchev–Trinajstić information content (AvgIpc) is 3.03. The summed E-state index contributed by atoms with van der Waals surface area (Å²) in [6, 6.07) is 0. The molecule has 1 aliphatic rings. The smallest absolute Gasteiger partial charge is 0.342 e. The third kappa shape index (κ3) is 5.98. The summed E-state index contributed by atoms with van der Waals surface area (Å²) < 4.78 is 33.1. The molecule has 10 nitrogen and oxygen atoms in total. The Kier molecular flexibility index (Phi) is 8.14. The van der Waals surface area contributed by atoms with E-state index in [-0.39, 0.29) is 37.2 Å². The number of aromatic hydroxyl groups is 1. The minimum Gasteiger partial charge on any atom is -0.507 e. The molecule has 174 valence electrons. The quantitative estimate of drug-likeness (QED) is 0.146. The number of methoxy groups -OCH3 is 1. The molecule has 31 heavy (non-hydrogen) atoms. The molecule has 0 bridgehead atoms. The molecule has 12 heteroatoms. The van der Waals surface area contributed by atoms with E-state index in [9.17, 15) is 19.0 Å². The minimum atomic E-state index is -4.90. The zero-order valence-corrected chi connectivity index (χ0v) is 19.4. The SMILES string of the molecule is COc1c(C)c2c(c(O)c1CC=C(C)CCCCC(P(=O)(O)O)P(=O)(O)O)C(=O)OC2. The van der Waals surface area contributed by atoms with E-state index in [2.05, 4.69) is 0 Å². The number of ether oxygens (including phenoxy) is 2. The highest BCUT2D eigenvalue weighted by Gasteiger charge is 2.42. The van der Waals surface area contributed by atoms with Gasteiger partial charge in [0.1, 0.15) is 23.7 Å². The van der Waals surface area contributed by atoms with Gasteiger partial charge in [-0.25, -0.2) is 4.79 Å². The highest BCUT2D eigenvalue weighted by molar-refractivity contribution is 7.70. The molecule has 0 aliphatic carbocycles. The predicted octanol–water partition coefficient (Wildman–Crippen LogP) is 3.11. The van der Waals surface area contributed by atoms with Crippen LogP contribution in [0.5, 0.6) is 11.5 Å². The second-order valence-electron chi connectivity index (χ2n) is 7.57. The van der Waals surface area contributed by atoms with Crippen molar-refractivity contribution >= 4 is 21.2 Å². The number of phenols is 1. The number of esters is 1. The standard InChI is InChI=1S/C19H28O10P2/c1-11(6-4-5-7-15(30(22,23)24)31(25,26)27)8-9-13-17(20)16-14(10-29-19(16)21)12(2)18(13)28-3/h8,15,20H,4-7,9-10H2,1-3H3,(H2,22,23,24)(H2,25,26,27). The molecule has 0 fully saturated rings. The van der Waals surface area contributed by atoms with Gasteiger partial charge in [0.25, 0.3) is 0 Å². The molecule has 0 unspecified atom stereocenters. The van der Waals surface area contributed by atoms with Gasteiger partial charge in [-0.3, -0.25) is 9.13 Å². The van der Waals surface area contributed by atoms with Crippen LogP contribution in [0.25, 0.3) is 0 Å². The van der Waals surface area contributed by atoms with Crippen molar-refractivity contribution in [2.75, 3.05) is 7.11 Å². The van der Waals surface area contributed by atoms with E-state index in [4.69, 9.17) is 29.0 Å². The molecule has 0 saturated heterocycles. The number of hydrogen-bond donors (Lipinski definition) is 5. The van der Waals surface area contributed by atoms with Gasteiger partial charge in [-0.15, -0.1) is 0 Å². The number of fused-ring (bicyclic) bond motifs is 1. The van der Waals surface area contributed by atoms with E-state index in [1.165, 1.54) is 7.11 Å². The van der Waals surface area contributed by atoms with Gasteiger partial charge in [0.05, 0.1) is 7.11 Å². The van der Waals surface area contributed by atoms with Gasteiger partial charge < -0.3 is 34.2 Å². The number of allylic oxidation sites excluding steroid dienone is 2. The Morgan fingerprint density at radius 1 is 1.19 bits per heavy atom. The zero-order chi connectivity index (χ0) is 23.6. The molecular weight excluding hydrogens is 450 g/mol. The maximum Gasteiger partial charge on any atom is 0.342 e. The van der Waals surface area contributed by atoms with Crippen molar-refractivity contribution in [3.8, 4) is 11.5 Å². The van der Waals surface area contributed by atoms with Crippen LogP contribution in [0.4, 0.5) is 0 Å². The fraction of sp³-hybridized carbons (Fsp3) is 0.526. The Balaban J connectivity index is 2.06. The lowest BCUT2D eigenvalue weighted by atomic mass is 9.94. The average molecular weight is 478 g/mol. The van der Waals surface area contributed by atoms with E-state index in [0.29, 0.717) is 29.7 Å². The molecule has 0 radical (unpaired) electrons. The van der Waals surface area contributed by atoms with Crippen molar-refractivity contribution in [2.24, 2.45) is 0 Å². The number of carbonyl (C=O) groups is 1. The Morgan fingerprint density at radius 3 is 2.35 bits per heavy atom. The number of benzene rings is 1. The lowest BCUT2D eigenvalue weighted by molar-refractivity contribution is 0.0532. The number of hydrogen-bond acceptors (Lipinski definition) is 6. The third-order valence-electron chi connectivity index (χ3n) is 5.36. The molecule has 1 aromatic rings. The first kappa shape index (κ1) is 25.6. The summed E-state index contributed by atoms with van der Waals surface area (Å²) in [6.07, 6.45) is 3.07. The number of cyclic esters (lactones) is 1. The fourth-order valence-corrected chi connectivity index (χ4v) is 6.27. The maximum absolute atomic E-state index is 11.9. The van der Waals surface area contributed by atoms with Crippen LogP contribution < -0.4 is 4.74 Å². The first-order valence-corrected chi connectivity index (χ1v) is 13.0. The van der Waals surface area contributed by atoms with Crippen molar-refractivity contribution in [2.45, 2.75) is 58.0 Å². The summed E-state index contributed by atoms with van der Waals surface area (Å²) in [5, 5.41) is 8.61. The molecule has 0 saturated carbocycles. The molecule has 1 aliphatic heterocycles. The van der Waals surface area contributed by atoms with Gasteiger partial charge in [-0.2, -0.15) is 0 Å². The van der Waals surface area contributed by atoms with E-state index in [1.807, 2.05) is 13.0 Å². The van der Waals surface area contributed by atoms with E-state index in [1.54, 1.807) is 6.92 Å². The van der Waals surface area contributed by atoms with Crippen LogP contribution in [-0.2, 0) is 26.9 Å². The Labute approximate surface area is 180 Å². The number of carbonyl (C=O) groups excluding carboxylic acids is 1. The summed E-state index contributed by atoms with van der Waals surface area (Å²) in [4.78, 5) is 48.6. The van der Waals surface area contributed by atoms with Gasteiger partial charge in [-0.05, 0) is 45.1 Å². The fourth-order valence-electron chi connectivity index (χ4n) is 3.67. The van der Waals surface area contributed by atoms with Crippen molar-refractivity contribution in [3.63, 3.8) is 0 Å². The van der Waals surface area contributed by atoms with Crippen LogP contribution in [0.2, 0.25) is 0 Å². The largest absolute Gasteiger partial charge is 0.507 e. The van der Waals surface area contributed by atoms with Gasteiger partial charge >= 0.3 is 21.2 Å². The number of rotatable bonds is 10. The van der Waals surface area contributed by atoms with Crippen LogP contribution >= 0.6 is 15.2 Å². The van der Waals surface area contributed by atoms with Gasteiger partial charge in [0, 0.05) is 11.1 Å². The first-order valence-electron chi connectivity index (χ1n) is 9.63. The molecule has 1 heterocycles. The Hall–Kier alpha value is -1.67. The summed E-state index contributed by atoms with van der Waals surface area (Å²) in [7, 11) is -8.33. The third-order valence-corrected chi connectivity index (χ3v) is 9.24. The second kappa shape index (κ2) is 9.86. The summed E-state index contributed by atoms with van der Waals surface area (Å²) in [6.45, 7) is 3.71. The molecule has 2 rings (SSSR count).